The van der Waals surface area contributed by atoms with E-state index in [2.05, 4.69) is 58.9 Å². The molecule has 0 aliphatic heterocycles. The predicted molar refractivity (Wildman–Crippen MR) is 409 cm³/mol. The summed E-state index contributed by atoms with van der Waals surface area (Å²) in [7, 11) is -9.93. The molecule has 0 saturated carbocycles. The van der Waals surface area contributed by atoms with Crippen molar-refractivity contribution in [2.24, 2.45) is 5.92 Å². The van der Waals surface area contributed by atoms with Crippen molar-refractivity contribution in [1.29, 1.82) is 0 Å². The minimum atomic E-state index is -4.97. The van der Waals surface area contributed by atoms with Gasteiger partial charge in [-0.1, -0.05) is 354 Å². The second kappa shape index (κ2) is 73.4. The summed E-state index contributed by atoms with van der Waals surface area (Å²) in [4.78, 5) is 73.0. The lowest BCUT2D eigenvalue weighted by molar-refractivity contribution is -0.161. The molecule has 0 amide bonds. The smallest absolute Gasteiger partial charge is 0.462 e. The van der Waals surface area contributed by atoms with E-state index in [-0.39, 0.29) is 25.7 Å². The molecular weight excluding hydrogens is 1310 g/mol. The quantitative estimate of drug-likeness (QED) is 0.0169. The largest absolute Gasteiger partial charge is 0.472 e. The molecule has 5 atom stereocenters. The molecule has 0 radical (unpaired) electrons. The number of unbranched alkanes of at least 4 members (excludes halogenated alkanes) is 48. The third-order valence-corrected chi connectivity index (χ3v) is 20.3. The van der Waals surface area contributed by atoms with Crippen molar-refractivity contribution in [3.05, 3.63) is 24.3 Å². The molecule has 0 rings (SSSR count). The molecule has 2 unspecified atom stereocenters. The summed E-state index contributed by atoms with van der Waals surface area (Å²) in [5.41, 5.74) is 0. The first-order valence-corrected chi connectivity index (χ1v) is 44.4. The van der Waals surface area contributed by atoms with Crippen molar-refractivity contribution in [3.8, 4) is 0 Å². The van der Waals surface area contributed by atoms with Gasteiger partial charge in [0.2, 0.25) is 0 Å². The van der Waals surface area contributed by atoms with E-state index in [1.165, 1.54) is 212 Å². The number of carbonyl (C=O) groups excluding carboxylic acids is 4. The molecule has 0 aromatic heterocycles. The van der Waals surface area contributed by atoms with Gasteiger partial charge in [0.25, 0.3) is 0 Å². The molecule has 0 aromatic carbocycles. The predicted octanol–water partition coefficient (Wildman–Crippen LogP) is 24.0. The number of esters is 4. The Labute approximate surface area is 612 Å². The maximum absolute atomic E-state index is 13.1. The molecule has 0 aromatic rings. The van der Waals surface area contributed by atoms with Crippen LogP contribution in [0.15, 0.2) is 24.3 Å². The minimum Gasteiger partial charge on any atom is -0.462 e. The lowest BCUT2D eigenvalue weighted by Gasteiger charge is -2.21. The van der Waals surface area contributed by atoms with Crippen molar-refractivity contribution in [1.82, 2.24) is 0 Å². The molecule has 0 heterocycles. The van der Waals surface area contributed by atoms with Crippen LogP contribution in [0.25, 0.3) is 0 Å². The van der Waals surface area contributed by atoms with Gasteiger partial charge < -0.3 is 33.8 Å². The van der Waals surface area contributed by atoms with E-state index < -0.39 is 97.5 Å². The van der Waals surface area contributed by atoms with Gasteiger partial charge in [-0.25, -0.2) is 9.13 Å². The van der Waals surface area contributed by atoms with Gasteiger partial charge in [-0.3, -0.25) is 37.3 Å². The Hall–Kier alpha value is -2.46. The van der Waals surface area contributed by atoms with Crippen LogP contribution in [0.4, 0.5) is 0 Å². The normalized spacial score (nSPS) is 14.0. The number of aliphatic hydroxyl groups excluding tert-OH is 1. The van der Waals surface area contributed by atoms with Crippen LogP contribution in [0.2, 0.25) is 0 Å². The Balaban J connectivity index is 5.27. The van der Waals surface area contributed by atoms with Gasteiger partial charge in [-0.15, -0.1) is 0 Å². The Kier molecular flexibility index (Phi) is 71.6. The van der Waals surface area contributed by atoms with Crippen LogP contribution in [0.5, 0.6) is 0 Å². The number of rotatable bonds is 79. The topological polar surface area (TPSA) is 237 Å². The average molecular weight is 1460 g/mol. The standard InChI is InChI=1S/C81H154O17P2/c1-6-9-12-15-18-21-24-27-30-32-34-37-40-43-46-51-57-62-67-80(85)97-76(70-91-78(83)64-59-54-49-44-41-38-36-33-31-28-25-22-19-16-13-10-7-2)72-95-99(87,88)93-68-75(82)69-94-100(89,90)96-73-77(71-92-79(84)65-60-55-52-47-48-53-58-63-74(4)5)98-81(86)66-61-56-50-45-42-39-35-29-26-23-20-17-14-11-8-3/h23,26,29,35,74-77,82H,6-22,24-25,27-28,30-34,36-73H2,1-5H3,(H,87,88)(H,89,90)/b26-23-,35-29-/t75-,76-,77-/m1/s1. The number of allylic oxidation sites excluding steroid dienone is 4. The van der Waals surface area contributed by atoms with E-state index in [1.807, 2.05) is 0 Å². The van der Waals surface area contributed by atoms with Gasteiger partial charge in [0, 0.05) is 25.7 Å². The number of hydrogen-bond donors (Lipinski definition) is 3. The van der Waals surface area contributed by atoms with Gasteiger partial charge >= 0.3 is 39.5 Å². The van der Waals surface area contributed by atoms with Crippen LogP contribution in [0.3, 0.4) is 0 Å². The second-order valence-corrected chi connectivity index (χ2v) is 31.9. The molecular formula is C81H154O17P2. The molecule has 0 aliphatic carbocycles. The molecule has 590 valence electrons. The summed E-state index contributed by atoms with van der Waals surface area (Å²) in [5.74, 6) is -1.44. The van der Waals surface area contributed by atoms with Crippen LogP contribution in [-0.4, -0.2) is 96.7 Å². The number of phosphoric ester groups is 2. The van der Waals surface area contributed by atoms with Gasteiger partial charge in [-0.2, -0.15) is 0 Å². The molecule has 0 saturated heterocycles. The van der Waals surface area contributed by atoms with Gasteiger partial charge in [0.1, 0.15) is 19.3 Å². The zero-order chi connectivity index (χ0) is 73.4. The van der Waals surface area contributed by atoms with E-state index >= 15 is 0 Å². The fourth-order valence-electron chi connectivity index (χ4n) is 12.0. The monoisotopic (exact) mass is 1460 g/mol. The number of carbonyl (C=O) groups is 4. The van der Waals surface area contributed by atoms with E-state index in [0.717, 1.165) is 109 Å². The summed E-state index contributed by atoms with van der Waals surface area (Å²) in [5, 5.41) is 10.6. The lowest BCUT2D eigenvalue weighted by Crippen LogP contribution is -2.30. The van der Waals surface area contributed by atoms with Crippen LogP contribution in [0.1, 0.15) is 407 Å². The molecule has 100 heavy (non-hydrogen) atoms. The fourth-order valence-corrected chi connectivity index (χ4v) is 13.6. The molecule has 17 nitrogen and oxygen atoms in total. The summed E-state index contributed by atoms with van der Waals surface area (Å²) in [6, 6.07) is 0. The number of ether oxygens (including phenoxy) is 4. The van der Waals surface area contributed by atoms with Gasteiger partial charge in [-0.05, 0) is 57.3 Å². The summed E-state index contributed by atoms with van der Waals surface area (Å²) < 4.78 is 68.7. The minimum absolute atomic E-state index is 0.0847. The number of aliphatic hydroxyl groups is 1. The van der Waals surface area contributed by atoms with Crippen LogP contribution in [-0.2, 0) is 65.4 Å². The number of hydrogen-bond acceptors (Lipinski definition) is 15. The van der Waals surface area contributed by atoms with Crippen molar-refractivity contribution >= 4 is 39.5 Å². The first kappa shape index (κ1) is 97.5. The average Bonchev–Trinajstić information content (AvgIpc) is 0.918. The highest BCUT2D eigenvalue weighted by atomic mass is 31.2. The Morgan fingerprint density at radius 2 is 0.540 bits per heavy atom. The molecule has 0 fully saturated rings. The third-order valence-electron chi connectivity index (χ3n) is 18.4. The van der Waals surface area contributed by atoms with Crippen molar-refractivity contribution in [2.75, 3.05) is 39.6 Å². The molecule has 19 heteroatoms. The Bertz CT molecular complexity index is 2000. The zero-order valence-corrected chi connectivity index (χ0v) is 66.6. The Morgan fingerprint density at radius 3 is 0.820 bits per heavy atom. The molecule has 0 aliphatic rings. The SMILES string of the molecule is CCCCCC/C=C\C=C/CCCCCCCC(=O)O[C@H](COC(=O)CCCCCCCCCC(C)C)COP(=O)(O)OC[C@H](O)COP(=O)(O)OC[C@@H](COC(=O)CCCCCCCCCCCCCCCCCCC)OC(=O)CCCCCCCCCCCCCCCCCCCC. The molecule has 3 N–H and O–H groups in total. The third kappa shape index (κ3) is 73.8. The highest BCUT2D eigenvalue weighted by molar-refractivity contribution is 7.47. The summed E-state index contributed by atoms with van der Waals surface area (Å²) in [6.07, 6.45) is 67.5. The van der Waals surface area contributed by atoms with Crippen molar-refractivity contribution in [2.45, 2.75) is 425 Å². The second-order valence-electron chi connectivity index (χ2n) is 29.0. The zero-order valence-electron chi connectivity index (χ0n) is 64.8. The summed E-state index contributed by atoms with van der Waals surface area (Å²) >= 11 is 0. The Morgan fingerprint density at radius 1 is 0.310 bits per heavy atom. The molecule has 0 bridgehead atoms. The summed E-state index contributed by atoms with van der Waals surface area (Å²) in [6.45, 7) is 7.21. The van der Waals surface area contributed by atoms with Gasteiger partial charge in [0.15, 0.2) is 12.2 Å². The maximum Gasteiger partial charge on any atom is 0.472 e. The first-order chi connectivity index (χ1) is 48.5. The van der Waals surface area contributed by atoms with E-state index in [1.54, 1.807) is 0 Å². The van der Waals surface area contributed by atoms with E-state index in [9.17, 15) is 43.2 Å². The first-order valence-electron chi connectivity index (χ1n) is 41.5. The van der Waals surface area contributed by atoms with Crippen LogP contribution >= 0.6 is 15.6 Å². The molecule has 0 spiro atoms. The van der Waals surface area contributed by atoms with Crippen LogP contribution in [0, 0.1) is 5.92 Å². The van der Waals surface area contributed by atoms with Crippen molar-refractivity contribution < 1.29 is 80.2 Å². The number of phosphoric acid groups is 2. The van der Waals surface area contributed by atoms with Crippen molar-refractivity contribution in [3.63, 3.8) is 0 Å². The van der Waals surface area contributed by atoms with Crippen LogP contribution < -0.4 is 0 Å². The van der Waals surface area contributed by atoms with Gasteiger partial charge in [0.05, 0.1) is 26.4 Å². The fraction of sp³-hybridized carbons (Fsp3) is 0.901. The van der Waals surface area contributed by atoms with E-state index in [0.29, 0.717) is 31.6 Å². The highest BCUT2D eigenvalue weighted by Crippen LogP contribution is 2.45. The van der Waals surface area contributed by atoms with E-state index in [4.69, 9.17) is 37.0 Å². The highest BCUT2D eigenvalue weighted by Gasteiger charge is 2.30. The lowest BCUT2D eigenvalue weighted by atomic mass is 10.0. The maximum atomic E-state index is 13.1.